The Morgan fingerprint density at radius 3 is 2.62 bits per heavy atom. The molecule has 1 atom stereocenters. The highest BCUT2D eigenvalue weighted by Gasteiger charge is 2.20. The van der Waals surface area contributed by atoms with E-state index >= 15 is 0 Å². The number of benzene rings is 1. The molecule has 2 fully saturated rings. The number of nitrogens with zero attached hydrogens (tertiary/aromatic N) is 2. The molecule has 0 radical (unpaired) electrons. The lowest BCUT2D eigenvalue weighted by Gasteiger charge is -2.34. The molecule has 3 rings (SSSR count). The summed E-state index contributed by atoms with van der Waals surface area (Å²) in [6.07, 6.45) is 2.36. The third kappa shape index (κ3) is 6.43. The number of halogens is 1. The van der Waals surface area contributed by atoms with Gasteiger partial charge in [-0.2, -0.15) is 0 Å². The monoisotopic (exact) mass is 381 g/mol. The van der Waals surface area contributed by atoms with Crippen LogP contribution in [0.25, 0.3) is 0 Å². The van der Waals surface area contributed by atoms with Crippen LogP contribution in [0, 0.1) is 0 Å². The topological polar surface area (TPSA) is 54.0 Å². The quantitative estimate of drug-likeness (QED) is 0.741. The van der Waals surface area contributed by atoms with Crippen LogP contribution in [0.2, 0.25) is 5.02 Å². The fraction of sp³-hybridized carbons (Fsp3) is 0.632. The SMILES string of the molecule is O=C(CN1CCN(CCOc2ccc(Cl)cc2)CC1)NCC1CCCO1. The van der Waals surface area contributed by atoms with E-state index in [4.69, 9.17) is 21.1 Å². The summed E-state index contributed by atoms with van der Waals surface area (Å²) in [6, 6.07) is 7.43. The van der Waals surface area contributed by atoms with Crippen molar-refractivity contribution in [3.8, 4) is 5.75 Å². The van der Waals surface area contributed by atoms with Gasteiger partial charge in [0.1, 0.15) is 12.4 Å². The molecule has 6 nitrogen and oxygen atoms in total. The summed E-state index contributed by atoms with van der Waals surface area (Å²) in [6.45, 7) is 7.23. The van der Waals surface area contributed by atoms with Gasteiger partial charge in [-0.3, -0.25) is 14.6 Å². The van der Waals surface area contributed by atoms with Crippen LogP contribution in [0.3, 0.4) is 0 Å². The summed E-state index contributed by atoms with van der Waals surface area (Å²) in [5.41, 5.74) is 0. The first-order valence-corrected chi connectivity index (χ1v) is 9.78. The van der Waals surface area contributed by atoms with Crippen LogP contribution in [0.5, 0.6) is 5.75 Å². The highest BCUT2D eigenvalue weighted by molar-refractivity contribution is 6.30. The van der Waals surface area contributed by atoms with E-state index in [1.165, 1.54) is 0 Å². The molecule has 0 aromatic heterocycles. The lowest BCUT2D eigenvalue weighted by atomic mass is 10.2. The van der Waals surface area contributed by atoms with Crippen LogP contribution in [-0.4, -0.2) is 80.8 Å². The normalized spacial score (nSPS) is 21.7. The number of nitrogens with one attached hydrogen (secondary N) is 1. The lowest BCUT2D eigenvalue weighted by molar-refractivity contribution is -0.123. The molecule has 0 saturated carbocycles. The van der Waals surface area contributed by atoms with Crippen molar-refractivity contribution in [2.45, 2.75) is 18.9 Å². The van der Waals surface area contributed by atoms with Gasteiger partial charge < -0.3 is 14.8 Å². The summed E-state index contributed by atoms with van der Waals surface area (Å²) in [5.74, 6) is 0.941. The number of carbonyl (C=O) groups is 1. The molecule has 2 aliphatic rings. The number of hydrogen-bond donors (Lipinski definition) is 1. The maximum atomic E-state index is 12.1. The van der Waals surface area contributed by atoms with Crippen molar-refractivity contribution in [3.63, 3.8) is 0 Å². The molecule has 0 aliphatic carbocycles. The number of amides is 1. The second-order valence-corrected chi connectivity index (χ2v) is 7.30. The van der Waals surface area contributed by atoms with Crippen molar-refractivity contribution in [1.82, 2.24) is 15.1 Å². The Labute approximate surface area is 160 Å². The first-order chi connectivity index (χ1) is 12.7. The maximum Gasteiger partial charge on any atom is 0.234 e. The van der Waals surface area contributed by atoms with Gasteiger partial charge in [0.15, 0.2) is 0 Å². The highest BCUT2D eigenvalue weighted by atomic mass is 35.5. The average Bonchev–Trinajstić information content (AvgIpc) is 3.17. The van der Waals surface area contributed by atoms with Gasteiger partial charge in [-0.05, 0) is 37.1 Å². The van der Waals surface area contributed by atoms with E-state index in [1.54, 1.807) is 0 Å². The smallest absolute Gasteiger partial charge is 0.234 e. The first kappa shape index (κ1) is 19.4. The summed E-state index contributed by atoms with van der Waals surface area (Å²) < 4.78 is 11.3. The van der Waals surface area contributed by atoms with Gasteiger partial charge in [0.2, 0.25) is 5.91 Å². The first-order valence-electron chi connectivity index (χ1n) is 9.40. The minimum Gasteiger partial charge on any atom is -0.492 e. The minimum atomic E-state index is 0.0972. The van der Waals surface area contributed by atoms with E-state index < -0.39 is 0 Å². The molecular weight excluding hydrogens is 354 g/mol. The molecule has 0 bridgehead atoms. The standard InChI is InChI=1S/C19H28ClN3O3/c20-16-3-5-17(6-4-16)26-13-11-22-7-9-23(10-8-22)15-19(24)21-14-18-2-1-12-25-18/h3-6,18H,1-2,7-15H2,(H,21,24). The molecule has 1 amide bonds. The van der Waals surface area contributed by atoms with Gasteiger partial charge >= 0.3 is 0 Å². The zero-order valence-corrected chi connectivity index (χ0v) is 15.9. The number of hydrogen-bond acceptors (Lipinski definition) is 5. The van der Waals surface area contributed by atoms with Crippen LogP contribution < -0.4 is 10.1 Å². The number of carbonyl (C=O) groups excluding carboxylic acids is 1. The summed E-state index contributed by atoms with van der Waals surface area (Å²) in [7, 11) is 0. The van der Waals surface area contributed by atoms with Gasteiger partial charge in [0.05, 0.1) is 12.6 Å². The molecule has 7 heteroatoms. The predicted molar refractivity (Wildman–Crippen MR) is 102 cm³/mol. The Morgan fingerprint density at radius 1 is 1.19 bits per heavy atom. The molecule has 144 valence electrons. The van der Waals surface area contributed by atoms with Crippen LogP contribution in [0.15, 0.2) is 24.3 Å². The molecule has 2 saturated heterocycles. The van der Waals surface area contributed by atoms with Crippen molar-refractivity contribution in [3.05, 3.63) is 29.3 Å². The second kappa shape index (κ2) is 10.1. The Morgan fingerprint density at radius 2 is 1.92 bits per heavy atom. The van der Waals surface area contributed by atoms with Gasteiger partial charge in [0.25, 0.3) is 0 Å². The van der Waals surface area contributed by atoms with Crippen molar-refractivity contribution < 1.29 is 14.3 Å². The van der Waals surface area contributed by atoms with Gasteiger partial charge in [-0.15, -0.1) is 0 Å². The van der Waals surface area contributed by atoms with E-state index in [0.29, 0.717) is 24.7 Å². The minimum absolute atomic E-state index is 0.0972. The Hall–Kier alpha value is -1.34. The summed E-state index contributed by atoms with van der Waals surface area (Å²) in [4.78, 5) is 16.6. The van der Waals surface area contributed by atoms with E-state index in [-0.39, 0.29) is 12.0 Å². The van der Waals surface area contributed by atoms with E-state index in [1.807, 2.05) is 24.3 Å². The third-order valence-electron chi connectivity index (χ3n) is 4.87. The second-order valence-electron chi connectivity index (χ2n) is 6.86. The van der Waals surface area contributed by atoms with Crippen LogP contribution in [0.1, 0.15) is 12.8 Å². The van der Waals surface area contributed by atoms with Crippen LogP contribution in [0.4, 0.5) is 0 Å². The molecule has 1 unspecified atom stereocenters. The van der Waals surface area contributed by atoms with E-state index in [2.05, 4.69) is 15.1 Å². The number of rotatable bonds is 8. The number of ether oxygens (including phenoxy) is 2. The van der Waals surface area contributed by atoms with Crippen molar-refractivity contribution in [2.24, 2.45) is 0 Å². The Bertz CT molecular complexity index is 556. The number of piperazine rings is 1. The molecular formula is C19H28ClN3O3. The van der Waals surface area contributed by atoms with Crippen LogP contribution in [-0.2, 0) is 9.53 Å². The molecule has 2 heterocycles. The van der Waals surface area contributed by atoms with Gasteiger partial charge in [-0.1, -0.05) is 11.6 Å². The Kier molecular flexibility index (Phi) is 7.55. The van der Waals surface area contributed by atoms with E-state index in [9.17, 15) is 4.79 Å². The average molecular weight is 382 g/mol. The van der Waals surface area contributed by atoms with E-state index in [0.717, 1.165) is 57.9 Å². The molecule has 26 heavy (non-hydrogen) atoms. The highest BCUT2D eigenvalue weighted by Crippen LogP contribution is 2.15. The van der Waals surface area contributed by atoms with Crippen molar-refractivity contribution in [1.29, 1.82) is 0 Å². The van der Waals surface area contributed by atoms with Crippen molar-refractivity contribution in [2.75, 3.05) is 59.0 Å². The summed E-state index contributed by atoms with van der Waals surface area (Å²) >= 11 is 5.87. The van der Waals surface area contributed by atoms with Crippen molar-refractivity contribution >= 4 is 17.5 Å². The fourth-order valence-corrected chi connectivity index (χ4v) is 3.41. The summed E-state index contributed by atoms with van der Waals surface area (Å²) in [5, 5.41) is 3.71. The Balaban J connectivity index is 1.26. The van der Waals surface area contributed by atoms with Gasteiger partial charge in [-0.25, -0.2) is 0 Å². The molecule has 1 N–H and O–H groups in total. The predicted octanol–water partition coefficient (Wildman–Crippen LogP) is 1.63. The lowest BCUT2D eigenvalue weighted by Crippen LogP contribution is -2.50. The molecule has 2 aliphatic heterocycles. The zero-order chi connectivity index (χ0) is 18.2. The molecule has 1 aromatic rings. The zero-order valence-electron chi connectivity index (χ0n) is 15.2. The largest absolute Gasteiger partial charge is 0.492 e. The molecule has 1 aromatic carbocycles. The maximum absolute atomic E-state index is 12.1. The van der Waals surface area contributed by atoms with Crippen LogP contribution >= 0.6 is 11.6 Å². The fourth-order valence-electron chi connectivity index (χ4n) is 3.29. The van der Waals surface area contributed by atoms with Gasteiger partial charge in [0, 0.05) is 50.9 Å². The third-order valence-corrected chi connectivity index (χ3v) is 5.12. The molecule has 0 spiro atoms.